The first-order chi connectivity index (χ1) is 14.7. The van der Waals surface area contributed by atoms with Crippen molar-refractivity contribution in [3.05, 3.63) is 35.5 Å². The summed E-state index contributed by atoms with van der Waals surface area (Å²) in [5, 5.41) is 5.36. The Morgan fingerprint density at radius 2 is 2.13 bits per heavy atom. The molecule has 3 rings (SSSR count). The summed E-state index contributed by atoms with van der Waals surface area (Å²) in [4.78, 5) is 20.5. The number of carbonyl (C=O) groups excluding carboxylic acids is 1. The quantitative estimate of drug-likeness (QED) is 0.638. The van der Waals surface area contributed by atoms with Gasteiger partial charge in [-0.1, -0.05) is 6.07 Å². The fourth-order valence-electron chi connectivity index (χ4n) is 3.12. The summed E-state index contributed by atoms with van der Waals surface area (Å²) in [7, 11) is 1.36. The molecule has 168 valence electrons. The molecule has 0 aliphatic carbocycles. The molecule has 1 aliphatic heterocycles. The average molecular weight is 439 g/mol. The summed E-state index contributed by atoms with van der Waals surface area (Å²) in [6.07, 6.45) is -3.52. The summed E-state index contributed by atoms with van der Waals surface area (Å²) >= 11 is 0. The molecule has 2 aromatic rings. The number of benzene rings is 1. The van der Waals surface area contributed by atoms with Gasteiger partial charge in [0.1, 0.15) is 23.2 Å². The molecule has 1 unspecified atom stereocenters. The molecule has 2 N–H and O–H groups in total. The Kier molecular flexibility index (Phi) is 6.84. The highest BCUT2D eigenvalue weighted by atomic mass is 19.4. The summed E-state index contributed by atoms with van der Waals surface area (Å²) in [6, 6.07) is 5.30. The van der Waals surface area contributed by atoms with Gasteiger partial charge in [-0.2, -0.15) is 18.2 Å². The molecule has 1 aromatic heterocycles. The van der Waals surface area contributed by atoms with Crippen molar-refractivity contribution in [3.8, 4) is 5.75 Å². The highest BCUT2D eigenvalue weighted by molar-refractivity contribution is 5.65. The van der Waals surface area contributed by atoms with Crippen LogP contribution < -0.4 is 15.4 Å². The molecule has 1 atom stereocenters. The van der Waals surface area contributed by atoms with Crippen molar-refractivity contribution < 1.29 is 27.4 Å². The molecule has 0 spiro atoms. The number of ether oxygens (including phenoxy) is 2. The summed E-state index contributed by atoms with van der Waals surface area (Å²) in [5.74, 6) is 0.117. The van der Waals surface area contributed by atoms with Crippen LogP contribution >= 0.6 is 0 Å². The minimum Gasteiger partial charge on any atom is -0.489 e. The Bertz CT molecular complexity index is 923. The number of aromatic nitrogens is 2. The van der Waals surface area contributed by atoms with Gasteiger partial charge >= 0.3 is 6.18 Å². The van der Waals surface area contributed by atoms with Crippen molar-refractivity contribution in [1.29, 1.82) is 0 Å². The molecule has 1 aliphatic rings. The number of hydrogen-bond donors (Lipinski definition) is 2. The maximum Gasteiger partial charge on any atom is 0.421 e. The number of alkyl halides is 3. The maximum absolute atomic E-state index is 13.1. The van der Waals surface area contributed by atoms with Gasteiger partial charge in [0.25, 0.3) is 0 Å². The van der Waals surface area contributed by atoms with Crippen LogP contribution in [0.2, 0.25) is 0 Å². The van der Waals surface area contributed by atoms with E-state index < -0.39 is 11.7 Å². The molecule has 1 fully saturated rings. The molecule has 0 saturated carbocycles. The van der Waals surface area contributed by atoms with Crippen LogP contribution in [0, 0.1) is 0 Å². The Labute approximate surface area is 177 Å². The number of halogens is 3. The van der Waals surface area contributed by atoms with E-state index in [0.29, 0.717) is 31.1 Å². The molecular weight excluding hydrogens is 415 g/mol. The highest BCUT2D eigenvalue weighted by Crippen LogP contribution is 2.36. The molecule has 31 heavy (non-hydrogen) atoms. The van der Waals surface area contributed by atoms with E-state index in [9.17, 15) is 18.0 Å². The van der Waals surface area contributed by atoms with Crippen molar-refractivity contribution >= 4 is 23.9 Å². The zero-order valence-corrected chi connectivity index (χ0v) is 17.4. The van der Waals surface area contributed by atoms with Crippen molar-refractivity contribution in [1.82, 2.24) is 14.9 Å². The van der Waals surface area contributed by atoms with Crippen LogP contribution in [0.25, 0.3) is 0 Å². The highest BCUT2D eigenvalue weighted by Gasteiger charge is 2.35. The van der Waals surface area contributed by atoms with Crippen LogP contribution in [0.3, 0.4) is 0 Å². The van der Waals surface area contributed by atoms with Crippen molar-refractivity contribution in [2.75, 3.05) is 37.4 Å². The van der Waals surface area contributed by atoms with Gasteiger partial charge in [0.15, 0.2) is 0 Å². The Hall–Kier alpha value is -3.08. The predicted molar refractivity (Wildman–Crippen MR) is 108 cm³/mol. The fraction of sp³-hybridized carbons (Fsp3) is 0.450. The second-order valence-electron chi connectivity index (χ2n) is 7.21. The topological polar surface area (TPSA) is 88.6 Å². The van der Waals surface area contributed by atoms with E-state index in [0.717, 1.165) is 18.2 Å². The van der Waals surface area contributed by atoms with Crippen LogP contribution in [0.5, 0.6) is 5.75 Å². The van der Waals surface area contributed by atoms with Gasteiger partial charge < -0.3 is 25.0 Å². The minimum atomic E-state index is -4.57. The van der Waals surface area contributed by atoms with E-state index in [1.807, 2.05) is 13.8 Å². The average Bonchev–Trinajstić information content (AvgIpc) is 2.73. The van der Waals surface area contributed by atoms with Gasteiger partial charge in [0.05, 0.1) is 24.9 Å². The van der Waals surface area contributed by atoms with Gasteiger partial charge in [0.2, 0.25) is 12.4 Å². The Balaban J connectivity index is 1.89. The molecule has 2 heterocycles. The third-order valence-electron chi connectivity index (χ3n) is 4.56. The number of nitrogens with one attached hydrogen (secondary N) is 2. The van der Waals surface area contributed by atoms with Crippen LogP contribution in [0.4, 0.5) is 30.6 Å². The molecule has 1 saturated heterocycles. The normalized spacial score (nSPS) is 16.9. The molecule has 1 aromatic carbocycles. The third-order valence-corrected chi connectivity index (χ3v) is 4.56. The lowest BCUT2D eigenvalue weighted by Crippen LogP contribution is -2.37. The van der Waals surface area contributed by atoms with Crippen LogP contribution in [0.15, 0.2) is 24.4 Å². The van der Waals surface area contributed by atoms with Crippen LogP contribution in [-0.2, 0) is 15.7 Å². The lowest BCUT2D eigenvalue weighted by Gasteiger charge is -2.31. The first-order valence-corrected chi connectivity index (χ1v) is 9.71. The second-order valence-corrected chi connectivity index (χ2v) is 7.21. The monoisotopic (exact) mass is 439 g/mol. The molecule has 0 radical (unpaired) electrons. The zero-order chi connectivity index (χ0) is 22.6. The van der Waals surface area contributed by atoms with Crippen molar-refractivity contribution in [3.63, 3.8) is 0 Å². The minimum absolute atomic E-state index is 0.0141. The van der Waals surface area contributed by atoms with Gasteiger partial charge in [-0.15, -0.1) is 0 Å². The Morgan fingerprint density at radius 1 is 1.35 bits per heavy atom. The van der Waals surface area contributed by atoms with Gasteiger partial charge in [-0.25, -0.2) is 4.98 Å². The molecular formula is C20H24F3N5O3. The van der Waals surface area contributed by atoms with E-state index in [1.165, 1.54) is 7.05 Å². The molecule has 11 heteroatoms. The molecule has 8 nitrogen and oxygen atoms in total. The van der Waals surface area contributed by atoms with E-state index in [4.69, 9.17) is 9.47 Å². The van der Waals surface area contributed by atoms with Gasteiger partial charge in [0, 0.05) is 19.8 Å². The number of anilines is 3. The predicted octanol–water partition coefficient (Wildman–Crippen LogP) is 3.60. The van der Waals surface area contributed by atoms with E-state index >= 15 is 0 Å². The summed E-state index contributed by atoms with van der Waals surface area (Å²) in [5.41, 5.74) is 0.350. The van der Waals surface area contributed by atoms with Gasteiger partial charge in [-0.3, -0.25) is 4.79 Å². The van der Waals surface area contributed by atoms with Crippen LogP contribution in [0.1, 0.15) is 31.1 Å². The number of amides is 1. The molecule has 0 bridgehead atoms. The second kappa shape index (κ2) is 9.38. The lowest BCUT2D eigenvalue weighted by atomic mass is 10.1. The summed E-state index contributed by atoms with van der Waals surface area (Å²) in [6.45, 7) is 5.10. The van der Waals surface area contributed by atoms with E-state index in [1.54, 1.807) is 23.1 Å². The van der Waals surface area contributed by atoms with E-state index in [-0.39, 0.29) is 24.0 Å². The zero-order valence-electron chi connectivity index (χ0n) is 17.4. The smallest absolute Gasteiger partial charge is 0.421 e. The fourth-order valence-corrected chi connectivity index (χ4v) is 3.12. The standard InChI is InChI=1S/C20H24F3N5O3/c1-12(2)31-16-8-13(17-10-28(11-29)6-7-30-17)4-5-15(16)26-19-25-9-14(20(21,22)23)18(24-3)27-19/h4-5,8-9,11-12,17H,6-7,10H2,1-3H3,(H2,24,25,26,27). The third kappa shape index (κ3) is 5.54. The lowest BCUT2D eigenvalue weighted by molar-refractivity contribution is -0.137. The largest absolute Gasteiger partial charge is 0.489 e. The Morgan fingerprint density at radius 3 is 2.77 bits per heavy atom. The first kappa shape index (κ1) is 22.6. The number of rotatable bonds is 7. The van der Waals surface area contributed by atoms with Crippen molar-refractivity contribution in [2.45, 2.75) is 32.2 Å². The first-order valence-electron chi connectivity index (χ1n) is 9.71. The summed E-state index contributed by atoms with van der Waals surface area (Å²) < 4.78 is 50.9. The number of carbonyl (C=O) groups is 1. The van der Waals surface area contributed by atoms with E-state index in [2.05, 4.69) is 20.6 Å². The van der Waals surface area contributed by atoms with Crippen LogP contribution in [-0.4, -0.2) is 54.1 Å². The number of morpholine rings is 1. The number of nitrogens with zero attached hydrogens (tertiary/aromatic N) is 3. The molecule has 1 amide bonds. The van der Waals surface area contributed by atoms with Gasteiger partial charge in [-0.05, 0) is 31.5 Å². The van der Waals surface area contributed by atoms with Crippen molar-refractivity contribution in [2.24, 2.45) is 0 Å². The maximum atomic E-state index is 13.1. The SMILES string of the molecule is CNc1nc(Nc2ccc(C3CN(C=O)CCO3)cc2OC(C)C)ncc1C(F)(F)F. The number of hydrogen-bond acceptors (Lipinski definition) is 7.